The number of pyridine rings is 1. The molecule has 7 heteroatoms. The molecule has 0 aliphatic heterocycles. The zero-order valence-corrected chi connectivity index (χ0v) is 14.0. The number of carboxylic acids is 1. The van der Waals surface area contributed by atoms with Gasteiger partial charge in [0.05, 0.1) is 8.59 Å². The number of halogens is 3. The van der Waals surface area contributed by atoms with Crippen LogP contribution in [0.1, 0.15) is 13.3 Å². The van der Waals surface area contributed by atoms with Gasteiger partial charge in [-0.2, -0.15) is 0 Å². The minimum atomic E-state index is -1.02. The van der Waals surface area contributed by atoms with Gasteiger partial charge in [-0.05, 0) is 47.2 Å². The third-order valence-corrected chi connectivity index (χ3v) is 4.03. The topological polar surface area (TPSA) is 59.4 Å². The molecule has 0 bridgehead atoms. The summed E-state index contributed by atoms with van der Waals surface area (Å²) < 4.78 is 6.28. The average Bonchev–Trinajstić information content (AvgIpc) is 2.37. The van der Waals surface area contributed by atoms with E-state index in [1.54, 1.807) is 25.1 Å². The molecule has 1 unspecified atom stereocenters. The molecule has 0 radical (unpaired) electrons. The molecule has 20 heavy (non-hydrogen) atoms. The number of hydrogen-bond acceptors (Lipinski definition) is 3. The van der Waals surface area contributed by atoms with Gasteiger partial charge in [0.1, 0.15) is 10.7 Å². The molecule has 1 N–H and O–H groups in total. The molecule has 1 aromatic heterocycles. The molecule has 1 heterocycles. The van der Waals surface area contributed by atoms with Crippen LogP contribution < -0.4 is 4.74 Å². The van der Waals surface area contributed by atoms with Gasteiger partial charge in [-0.15, -0.1) is 0 Å². The van der Waals surface area contributed by atoms with E-state index in [1.807, 2.05) is 22.6 Å². The van der Waals surface area contributed by atoms with E-state index in [9.17, 15) is 4.79 Å². The van der Waals surface area contributed by atoms with Gasteiger partial charge in [0, 0.05) is 5.39 Å². The van der Waals surface area contributed by atoms with Crippen molar-refractivity contribution in [3.8, 4) is 5.75 Å². The molecule has 2 aromatic rings. The average molecular weight is 426 g/mol. The zero-order valence-electron chi connectivity index (χ0n) is 10.4. The van der Waals surface area contributed by atoms with Gasteiger partial charge >= 0.3 is 5.97 Å². The van der Waals surface area contributed by atoms with E-state index in [4.69, 9.17) is 33.0 Å². The highest BCUT2D eigenvalue weighted by Crippen LogP contribution is 2.36. The molecule has 0 saturated carbocycles. The lowest BCUT2D eigenvalue weighted by molar-refractivity contribution is -0.145. The number of aliphatic carboxylic acids is 1. The number of ether oxygens (including phenoxy) is 1. The Morgan fingerprint density at radius 1 is 1.50 bits per heavy atom. The van der Waals surface area contributed by atoms with Crippen LogP contribution in [-0.2, 0) is 4.79 Å². The molecule has 106 valence electrons. The standard InChI is InChI=1S/C13H10Cl2INO3/c1-2-9(13(18)19)20-12-8(16)5-7(14)6-3-4-10(15)17-11(6)12/h3-5,9H,2H2,1H3,(H,18,19). The first-order valence-corrected chi connectivity index (χ1v) is 7.61. The molecule has 0 amide bonds. The van der Waals surface area contributed by atoms with Crippen molar-refractivity contribution in [3.63, 3.8) is 0 Å². The Balaban J connectivity index is 2.62. The van der Waals surface area contributed by atoms with Gasteiger partial charge in [0.25, 0.3) is 0 Å². The van der Waals surface area contributed by atoms with E-state index in [0.717, 1.165) is 0 Å². The molecule has 1 atom stereocenters. The molecule has 0 spiro atoms. The van der Waals surface area contributed by atoms with Crippen molar-refractivity contribution in [3.05, 3.63) is 31.9 Å². The summed E-state index contributed by atoms with van der Waals surface area (Å²) in [6, 6.07) is 5.07. The van der Waals surface area contributed by atoms with Gasteiger partial charge in [0.2, 0.25) is 0 Å². The van der Waals surface area contributed by atoms with Crippen molar-refractivity contribution in [2.75, 3.05) is 0 Å². The second kappa shape index (κ2) is 6.32. The minimum Gasteiger partial charge on any atom is -0.479 e. The lowest BCUT2D eigenvalue weighted by Gasteiger charge is -2.16. The Morgan fingerprint density at radius 3 is 2.80 bits per heavy atom. The van der Waals surface area contributed by atoms with E-state index in [0.29, 0.717) is 36.8 Å². The van der Waals surface area contributed by atoms with Crippen molar-refractivity contribution in [2.45, 2.75) is 19.4 Å². The van der Waals surface area contributed by atoms with Gasteiger partial charge in [0.15, 0.2) is 11.9 Å². The summed E-state index contributed by atoms with van der Waals surface area (Å²) in [5.74, 6) is -0.629. The first kappa shape index (κ1) is 15.6. The SMILES string of the molecule is CCC(Oc1c(I)cc(Cl)c2ccc(Cl)nc12)C(=O)O. The Bertz CT molecular complexity index is 678. The molecule has 0 aliphatic carbocycles. The van der Waals surface area contributed by atoms with Gasteiger partial charge in [-0.25, -0.2) is 9.78 Å². The predicted molar refractivity (Wildman–Crippen MR) is 86.8 cm³/mol. The smallest absolute Gasteiger partial charge is 0.344 e. The van der Waals surface area contributed by atoms with Gasteiger partial charge in [-0.3, -0.25) is 0 Å². The van der Waals surface area contributed by atoms with Crippen LogP contribution in [0.15, 0.2) is 18.2 Å². The van der Waals surface area contributed by atoms with Crippen molar-refractivity contribution in [1.29, 1.82) is 0 Å². The molecule has 0 aliphatic rings. The van der Waals surface area contributed by atoms with Gasteiger partial charge in [-0.1, -0.05) is 30.1 Å². The summed E-state index contributed by atoms with van der Waals surface area (Å²) in [6.07, 6.45) is -0.593. The molecule has 4 nitrogen and oxygen atoms in total. The van der Waals surface area contributed by atoms with Crippen LogP contribution >= 0.6 is 45.8 Å². The van der Waals surface area contributed by atoms with Crippen molar-refractivity contribution < 1.29 is 14.6 Å². The summed E-state index contributed by atoms with van der Waals surface area (Å²) in [4.78, 5) is 15.3. The number of hydrogen-bond donors (Lipinski definition) is 1. The first-order valence-electron chi connectivity index (χ1n) is 5.77. The molecular formula is C13H10Cl2INO3. The van der Waals surface area contributed by atoms with Crippen LogP contribution in [0, 0.1) is 3.57 Å². The quantitative estimate of drug-likeness (QED) is 0.583. The van der Waals surface area contributed by atoms with Crippen LogP contribution in [0.4, 0.5) is 0 Å². The van der Waals surface area contributed by atoms with Crippen LogP contribution in [-0.4, -0.2) is 22.2 Å². The van der Waals surface area contributed by atoms with Crippen molar-refractivity contribution in [2.24, 2.45) is 0 Å². The second-order valence-corrected chi connectivity index (χ2v) is 6.01. The molecule has 0 saturated heterocycles. The Morgan fingerprint density at radius 2 is 2.20 bits per heavy atom. The zero-order chi connectivity index (χ0) is 14.9. The Kier molecular flexibility index (Phi) is 4.93. The predicted octanol–water partition coefficient (Wildman–Crippen LogP) is 4.39. The highest BCUT2D eigenvalue weighted by atomic mass is 127. The summed E-state index contributed by atoms with van der Waals surface area (Å²) in [7, 11) is 0. The highest BCUT2D eigenvalue weighted by molar-refractivity contribution is 14.1. The maximum atomic E-state index is 11.1. The minimum absolute atomic E-state index is 0.295. The molecule has 1 aromatic carbocycles. The fourth-order valence-corrected chi connectivity index (χ4v) is 3.02. The fourth-order valence-electron chi connectivity index (χ4n) is 1.73. The lowest BCUT2D eigenvalue weighted by atomic mass is 10.2. The molecule has 2 rings (SSSR count). The van der Waals surface area contributed by atoms with Gasteiger partial charge < -0.3 is 9.84 Å². The van der Waals surface area contributed by atoms with Crippen LogP contribution in [0.25, 0.3) is 10.9 Å². The third-order valence-electron chi connectivity index (χ3n) is 2.71. The summed E-state index contributed by atoms with van der Waals surface area (Å²) in [5.41, 5.74) is 0.467. The first-order chi connectivity index (χ1) is 9.43. The second-order valence-electron chi connectivity index (χ2n) is 4.05. The number of rotatable bonds is 4. The number of nitrogens with zero attached hydrogens (tertiary/aromatic N) is 1. The fraction of sp³-hybridized carbons (Fsp3) is 0.231. The normalized spacial score (nSPS) is 12.4. The maximum absolute atomic E-state index is 11.1. The Hall–Kier alpha value is -0.790. The maximum Gasteiger partial charge on any atom is 0.344 e. The van der Waals surface area contributed by atoms with E-state index < -0.39 is 12.1 Å². The molecule has 0 fully saturated rings. The van der Waals surface area contributed by atoms with Crippen molar-refractivity contribution in [1.82, 2.24) is 4.98 Å². The molecular weight excluding hydrogens is 416 g/mol. The largest absolute Gasteiger partial charge is 0.479 e. The van der Waals surface area contributed by atoms with E-state index in [1.165, 1.54) is 0 Å². The Labute approximate surface area is 139 Å². The summed E-state index contributed by atoms with van der Waals surface area (Å²) in [6.45, 7) is 1.74. The monoisotopic (exact) mass is 425 g/mol. The van der Waals surface area contributed by atoms with E-state index in [-0.39, 0.29) is 0 Å². The van der Waals surface area contributed by atoms with Crippen molar-refractivity contribution >= 4 is 62.7 Å². The third kappa shape index (κ3) is 3.10. The van der Waals surface area contributed by atoms with E-state index in [2.05, 4.69) is 4.98 Å². The number of carboxylic acid groups (broad SMARTS) is 1. The lowest BCUT2D eigenvalue weighted by Crippen LogP contribution is -2.26. The number of fused-ring (bicyclic) bond motifs is 1. The van der Waals surface area contributed by atoms with Crippen LogP contribution in [0.5, 0.6) is 5.75 Å². The highest BCUT2D eigenvalue weighted by Gasteiger charge is 2.21. The number of benzene rings is 1. The summed E-state index contributed by atoms with van der Waals surface area (Å²) in [5, 5.41) is 10.6. The summed E-state index contributed by atoms with van der Waals surface area (Å²) >= 11 is 14.1. The van der Waals surface area contributed by atoms with Crippen LogP contribution in [0.3, 0.4) is 0 Å². The number of carbonyl (C=O) groups is 1. The van der Waals surface area contributed by atoms with Crippen LogP contribution in [0.2, 0.25) is 10.2 Å². The number of aromatic nitrogens is 1. The van der Waals surface area contributed by atoms with E-state index >= 15 is 0 Å².